The van der Waals surface area contributed by atoms with Gasteiger partial charge in [0.1, 0.15) is 5.82 Å². The van der Waals surface area contributed by atoms with E-state index in [9.17, 15) is 9.18 Å². The molecule has 0 radical (unpaired) electrons. The van der Waals surface area contributed by atoms with Crippen molar-refractivity contribution in [2.24, 2.45) is 0 Å². The average molecular weight is 283 g/mol. The van der Waals surface area contributed by atoms with Crippen molar-refractivity contribution in [2.75, 3.05) is 11.4 Å². The van der Waals surface area contributed by atoms with Crippen molar-refractivity contribution in [3.05, 3.63) is 72.2 Å². The molecule has 2 nitrogen and oxygen atoms in total. The van der Waals surface area contributed by atoms with Gasteiger partial charge in [0, 0.05) is 24.0 Å². The molecule has 0 atom stereocenters. The molecule has 0 fully saturated rings. The van der Waals surface area contributed by atoms with E-state index in [2.05, 4.69) is 0 Å². The van der Waals surface area contributed by atoms with Gasteiger partial charge in [-0.1, -0.05) is 30.3 Å². The predicted molar refractivity (Wildman–Crippen MR) is 84.5 cm³/mol. The fourth-order valence-corrected chi connectivity index (χ4v) is 2.12. The molecule has 0 saturated heterocycles. The number of hydrogen-bond acceptors (Lipinski definition) is 2. The van der Waals surface area contributed by atoms with Crippen molar-refractivity contribution in [1.29, 1.82) is 0 Å². The fourth-order valence-electron chi connectivity index (χ4n) is 2.12. The summed E-state index contributed by atoms with van der Waals surface area (Å²) in [6.07, 6.45) is 1.82. The van der Waals surface area contributed by atoms with Crippen LogP contribution in [0.15, 0.2) is 60.8 Å². The third kappa shape index (κ3) is 3.78. The molecule has 2 rings (SSSR count). The molecule has 3 heteroatoms. The van der Waals surface area contributed by atoms with Gasteiger partial charge in [0.05, 0.1) is 0 Å². The van der Waals surface area contributed by atoms with Gasteiger partial charge in [-0.2, -0.15) is 0 Å². The normalized spacial score (nSPS) is 11.3. The minimum atomic E-state index is -0.270. The number of Topliss-reactive ketones (excluding diaryl/α,β-unsaturated/α-hetero) is 1. The van der Waals surface area contributed by atoms with Gasteiger partial charge >= 0.3 is 0 Å². The molecule has 0 amide bonds. The molecule has 0 aliphatic heterocycles. The Morgan fingerprint density at radius 1 is 1.10 bits per heavy atom. The van der Waals surface area contributed by atoms with Crippen LogP contribution >= 0.6 is 0 Å². The Morgan fingerprint density at radius 3 is 2.24 bits per heavy atom. The molecule has 0 unspecified atom stereocenters. The smallest absolute Gasteiger partial charge is 0.161 e. The zero-order chi connectivity index (χ0) is 15.2. The maximum absolute atomic E-state index is 13.0. The van der Waals surface area contributed by atoms with Gasteiger partial charge in [-0.05, 0) is 43.7 Å². The zero-order valence-corrected chi connectivity index (χ0v) is 12.2. The van der Waals surface area contributed by atoms with Crippen LogP contribution in [0.4, 0.5) is 10.1 Å². The third-order valence-corrected chi connectivity index (χ3v) is 3.25. The average Bonchev–Trinajstić information content (AvgIpc) is 2.50. The summed E-state index contributed by atoms with van der Waals surface area (Å²) >= 11 is 0. The second-order valence-electron chi connectivity index (χ2n) is 4.73. The number of ketones is 1. The molecule has 0 spiro atoms. The second kappa shape index (κ2) is 6.84. The van der Waals surface area contributed by atoms with Crippen LogP contribution in [-0.2, 0) is 4.79 Å². The van der Waals surface area contributed by atoms with Gasteiger partial charge in [-0.3, -0.25) is 4.79 Å². The molecule has 108 valence electrons. The molecular formula is C18H18FNO. The largest absolute Gasteiger partial charge is 0.348 e. The number of anilines is 1. The molecule has 0 N–H and O–H groups in total. The van der Waals surface area contributed by atoms with Crippen LogP contribution in [0.25, 0.3) is 5.57 Å². The minimum Gasteiger partial charge on any atom is -0.348 e. The molecule has 21 heavy (non-hydrogen) atoms. The number of halogens is 1. The molecule has 0 saturated carbocycles. The van der Waals surface area contributed by atoms with E-state index >= 15 is 0 Å². The Hall–Kier alpha value is -2.42. The van der Waals surface area contributed by atoms with Crippen molar-refractivity contribution in [3.63, 3.8) is 0 Å². The number of benzene rings is 2. The van der Waals surface area contributed by atoms with Crippen LogP contribution in [0.2, 0.25) is 0 Å². The molecule has 0 heterocycles. The molecule has 0 aliphatic carbocycles. The van der Waals surface area contributed by atoms with Gasteiger partial charge in [-0.25, -0.2) is 4.39 Å². The lowest BCUT2D eigenvalue weighted by molar-refractivity contribution is -0.111. The quantitative estimate of drug-likeness (QED) is 0.763. The van der Waals surface area contributed by atoms with Crippen LogP contribution in [0.5, 0.6) is 0 Å². The lowest BCUT2D eigenvalue weighted by atomic mass is 10.0. The van der Waals surface area contributed by atoms with Crippen LogP contribution in [-0.4, -0.2) is 12.3 Å². The van der Waals surface area contributed by atoms with E-state index < -0.39 is 0 Å². The van der Waals surface area contributed by atoms with E-state index in [1.54, 1.807) is 19.1 Å². The lowest BCUT2D eigenvalue weighted by Crippen LogP contribution is -2.17. The van der Waals surface area contributed by atoms with Crippen molar-refractivity contribution in [2.45, 2.75) is 13.8 Å². The lowest BCUT2D eigenvalue weighted by Gasteiger charge is -2.20. The molecule has 0 bridgehead atoms. The summed E-state index contributed by atoms with van der Waals surface area (Å²) in [5.41, 5.74) is 2.38. The molecule has 2 aromatic rings. The van der Waals surface area contributed by atoms with Crippen molar-refractivity contribution in [3.8, 4) is 0 Å². The SMILES string of the molecule is CCN(/C=C(\C(C)=O)c1ccccc1)c1ccc(F)cc1. The van der Waals surface area contributed by atoms with Gasteiger partial charge in [0.25, 0.3) is 0 Å². The molecular weight excluding hydrogens is 265 g/mol. The van der Waals surface area contributed by atoms with Crippen molar-refractivity contribution < 1.29 is 9.18 Å². The maximum atomic E-state index is 13.0. The third-order valence-electron chi connectivity index (χ3n) is 3.25. The predicted octanol–water partition coefficient (Wildman–Crippen LogP) is 4.28. The van der Waals surface area contributed by atoms with Crippen LogP contribution < -0.4 is 4.90 Å². The molecule has 0 aromatic heterocycles. The highest BCUT2D eigenvalue weighted by Crippen LogP contribution is 2.21. The summed E-state index contributed by atoms with van der Waals surface area (Å²) in [6.45, 7) is 4.23. The van der Waals surface area contributed by atoms with Crippen molar-refractivity contribution in [1.82, 2.24) is 0 Å². The Balaban J connectivity index is 2.40. The first kappa shape index (κ1) is 15.0. The summed E-state index contributed by atoms with van der Waals surface area (Å²) in [6, 6.07) is 15.8. The van der Waals surface area contributed by atoms with E-state index in [-0.39, 0.29) is 11.6 Å². The number of rotatable bonds is 5. The van der Waals surface area contributed by atoms with Crippen LogP contribution in [0.1, 0.15) is 19.4 Å². The first-order valence-corrected chi connectivity index (χ1v) is 6.92. The maximum Gasteiger partial charge on any atom is 0.161 e. The van der Waals surface area contributed by atoms with E-state index in [4.69, 9.17) is 0 Å². The van der Waals surface area contributed by atoms with Gasteiger partial charge in [-0.15, -0.1) is 0 Å². The number of allylic oxidation sites excluding steroid dienone is 1. The summed E-state index contributed by atoms with van der Waals surface area (Å²) in [5.74, 6) is -0.268. The highest BCUT2D eigenvalue weighted by molar-refractivity contribution is 6.19. The van der Waals surface area contributed by atoms with Gasteiger partial charge < -0.3 is 4.90 Å². The topological polar surface area (TPSA) is 20.3 Å². The standard InChI is InChI=1S/C18H18FNO/c1-3-20(17-11-9-16(19)10-12-17)13-18(14(2)21)15-7-5-4-6-8-15/h4-13H,3H2,1-2H3/b18-13+. The van der Waals surface area contributed by atoms with Crippen LogP contribution in [0.3, 0.4) is 0 Å². The van der Waals surface area contributed by atoms with Crippen LogP contribution in [0, 0.1) is 5.82 Å². The second-order valence-corrected chi connectivity index (χ2v) is 4.73. The number of hydrogen-bond donors (Lipinski definition) is 0. The van der Waals surface area contributed by atoms with Gasteiger partial charge in [0.2, 0.25) is 0 Å². The summed E-state index contributed by atoms with van der Waals surface area (Å²) in [4.78, 5) is 13.9. The first-order valence-electron chi connectivity index (χ1n) is 6.92. The Morgan fingerprint density at radius 2 is 1.71 bits per heavy atom. The highest BCUT2D eigenvalue weighted by atomic mass is 19.1. The Bertz CT molecular complexity index is 632. The fraction of sp³-hybridized carbons (Fsp3) is 0.167. The van der Waals surface area contributed by atoms with E-state index in [0.717, 1.165) is 11.3 Å². The summed E-state index contributed by atoms with van der Waals surface area (Å²) < 4.78 is 13.0. The highest BCUT2D eigenvalue weighted by Gasteiger charge is 2.10. The molecule has 0 aliphatic rings. The van der Waals surface area contributed by atoms with Crippen molar-refractivity contribution >= 4 is 17.0 Å². The Kier molecular flexibility index (Phi) is 4.88. The van der Waals surface area contributed by atoms with E-state index in [0.29, 0.717) is 12.1 Å². The summed E-state index contributed by atoms with van der Waals surface area (Å²) in [5, 5.41) is 0. The number of nitrogens with zero attached hydrogens (tertiary/aromatic N) is 1. The Labute approximate surface area is 124 Å². The van der Waals surface area contributed by atoms with E-state index in [1.165, 1.54) is 12.1 Å². The minimum absolute atomic E-state index is 0.00163. The van der Waals surface area contributed by atoms with Gasteiger partial charge in [0.15, 0.2) is 5.78 Å². The number of carbonyl (C=O) groups excluding carboxylic acids is 1. The number of carbonyl (C=O) groups is 1. The van der Waals surface area contributed by atoms with E-state index in [1.807, 2.05) is 48.4 Å². The first-order chi connectivity index (χ1) is 10.1. The molecule has 2 aromatic carbocycles. The summed E-state index contributed by atoms with van der Waals surface area (Å²) in [7, 11) is 0. The monoisotopic (exact) mass is 283 g/mol. The zero-order valence-electron chi connectivity index (χ0n) is 12.2.